The summed E-state index contributed by atoms with van der Waals surface area (Å²) in [6, 6.07) is 11.6. The summed E-state index contributed by atoms with van der Waals surface area (Å²) in [5, 5.41) is 12.4. The van der Waals surface area contributed by atoms with E-state index in [9.17, 15) is 23.1 Å². The number of aromatic nitrogens is 2. The van der Waals surface area contributed by atoms with Crippen molar-refractivity contribution in [3.8, 4) is 0 Å². The number of amides is 1. The Hall–Kier alpha value is -4.35. The number of nitrogens with zero attached hydrogens (tertiary/aromatic N) is 4. The number of hydrogen-bond donors (Lipinski definition) is 2. The molecule has 0 saturated carbocycles. The Balaban J connectivity index is 1.65. The lowest BCUT2D eigenvalue weighted by Gasteiger charge is -2.40. The van der Waals surface area contributed by atoms with Gasteiger partial charge >= 0.3 is 5.97 Å². The molecule has 4 rings (SSSR count). The molecule has 2 N–H and O–H groups in total. The molecule has 1 aromatic heterocycles. The monoisotopic (exact) mass is 617 g/mol. The normalized spacial score (nSPS) is 16.6. The number of hydrogen-bond acceptors (Lipinski definition) is 7. The summed E-state index contributed by atoms with van der Waals surface area (Å²) >= 11 is 0. The van der Waals surface area contributed by atoms with Gasteiger partial charge in [-0.2, -0.15) is 4.31 Å². The number of aromatic carboxylic acids is 1. The fourth-order valence-corrected chi connectivity index (χ4v) is 6.53. The minimum atomic E-state index is -4.08. The molecular weight excluding hydrogens is 578 g/mol. The number of piperazine rings is 1. The topological polar surface area (TPSA) is 133 Å². The van der Waals surface area contributed by atoms with Gasteiger partial charge in [0, 0.05) is 26.2 Å². The van der Waals surface area contributed by atoms with E-state index in [1.54, 1.807) is 23.1 Å². The zero-order chi connectivity index (χ0) is 31.9. The molecule has 44 heavy (non-hydrogen) atoms. The lowest BCUT2D eigenvalue weighted by Crippen LogP contribution is -2.60. The SMILES string of the molecule is C=C/C(=C\C=C(/C)CC)S(=O)(=O)N1CCN(c2cnc3c(C(=O)O)cccc3n2)C[C@@H]1C(=O)NCc1ccc(CCC)cc1. The van der Waals surface area contributed by atoms with E-state index in [0.29, 0.717) is 11.3 Å². The standard InChI is InChI=1S/C33H39N5O5S/c1-5-9-24-13-15-25(16-14-24)20-35-32(39)29-22-37(30-21-34-31-27(33(40)41)10-8-11-28(31)36-30)18-19-38(29)44(42,43)26(7-3)17-12-23(4)6-2/h7-8,10-17,21,29H,3,5-6,9,18-20,22H2,1-2,4H3,(H,35,39)(H,40,41)/b23-12+,26-17+/t29-/m1/s1. The predicted molar refractivity (Wildman–Crippen MR) is 173 cm³/mol. The van der Waals surface area contributed by atoms with E-state index in [-0.39, 0.29) is 42.2 Å². The van der Waals surface area contributed by atoms with Crippen LogP contribution >= 0.6 is 0 Å². The zero-order valence-electron chi connectivity index (χ0n) is 25.4. The van der Waals surface area contributed by atoms with Gasteiger partial charge in [-0.25, -0.2) is 23.2 Å². The van der Waals surface area contributed by atoms with Crippen LogP contribution in [0.1, 0.15) is 55.1 Å². The third kappa shape index (κ3) is 7.40. The number of nitrogens with one attached hydrogen (secondary N) is 1. The first-order valence-electron chi connectivity index (χ1n) is 14.7. The molecule has 0 bridgehead atoms. The summed E-state index contributed by atoms with van der Waals surface area (Å²) < 4.78 is 29.0. The maximum absolute atomic E-state index is 13.9. The van der Waals surface area contributed by atoms with Crippen molar-refractivity contribution in [3.05, 3.63) is 101 Å². The summed E-state index contributed by atoms with van der Waals surface area (Å²) in [7, 11) is -4.08. The first-order valence-corrected chi connectivity index (χ1v) is 16.1. The molecule has 232 valence electrons. The van der Waals surface area contributed by atoms with Crippen LogP contribution in [0.15, 0.2) is 83.9 Å². The molecule has 1 amide bonds. The number of carbonyl (C=O) groups excluding carboxylic acids is 1. The fraction of sp³-hybridized carbons (Fsp3) is 0.333. The summed E-state index contributed by atoms with van der Waals surface area (Å²) in [5.74, 6) is -1.13. The molecule has 0 aliphatic carbocycles. The van der Waals surface area contributed by atoms with Crippen LogP contribution in [0.4, 0.5) is 5.82 Å². The second kappa shape index (κ2) is 14.4. The number of fused-ring (bicyclic) bond motifs is 1. The van der Waals surface area contributed by atoms with Gasteiger partial charge in [-0.15, -0.1) is 0 Å². The molecule has 0 unspecified atom stereocenters. The van der Waals surface area contributed by atoms with Gasteiger partial charge in [-0.05, 0) is 55.2 Å². The Morgan fingerprint density at radius 2 is 1.82 bits per heavy atom. The Kier molecular flexibility index (Phi) is 10.7. The molecule has 2 heterocycles. The molecule has 1 aliphatic rings. The lowest BCUT2D eigenvalue weighted by atomic mass is 10.1. The number of carboxylic acid groups (broad SMARTS) is 1. The Morgan fingerprint density at radius 1 is 1.09 bits per heavy atom. The van der Waals surface area contributed by atoms with Crippen molar-refractivity contribution in [2.24, 2.45) is 0 Å². The van der Waals surface area contributed by atoms with E-state index in [1.165, 1.54) is 34.3 Å². The number of anilines is 1. The van der Waals surface area contributed by atoms with Gasteiger partial charge in [0.2, 0.25) is 15.9 Å². The number of allylic oxidation sites excluding steroid dienone is 4. The van der Waals surface area contributed by atoms with Crippen molar-refractivity contribution in [1.29, 1.82) is 0 Å². The van der Waals surface area contributed by atoms with Gasteiger partial charge in [-0.1, -0.05) is 68.8 Å². The summed E-state index contributed by atoms with van der Waals surface area (Å²) in [5.41, 5.74) is 3.80. The summed E-state index contributed by atoms with van der Waals surface area (Å²) in [6.07, 6.45) is 8.80. The van der Waals surface area contributed by atoms with Gasteiger partial charge < -0.3 is 15.3 Å². The van der Waals surface area contributed by atoms with Crippen LogP contribution in [-0.2, 0) is 27.8 Å². The number of benzene rings is 2. The third-order valence-electron chi connectivity index (χ3n) is 7.67. The Bertz CT molecular complexity index is 1700. The largest absolute Gasteiger partial charge is 0.478 e. The first-order chi connectivity index (χ1) is 21.1. The maximum Gasteiger partial charge on any atom is 0.337 e. The molecule has 11 heteroatoms. The molecule has 1 saturated heterocycles. The number of rotatable bonds is 12. The Labute approximate surface area is 258 Å². The highest BCUT2D eigenvalue weighted by Crippen LogP contribution is 2.26. The van der Waals surface area contributed by atoms with E-state index in [1.807, 2.05) is 38.1 Å². The summed E-state index contributed by atoms with van der Waals surface area (Å²) in [6.45, 7) is 10.3. The van der Waals surface area contributed by atoms with Crippen LogP contribution in [0.5, 0.6) is 0 Å². The molecule has 2 aromatic carbocycles. The number of sulfonamides is 1. The molecule has 0 spiro atoms. The molecule has 0 radical (unpaired) electrons. The van der Waals surface area contributed by atoms with Crippen LogP contribution in [0.3, 0.4) is 0 Å². The number of para-hydroxylation sites is 1. The maximum atomic E-state index is 13.9. The number of carboxylic acids is 1. The van der Waals surface area contributed by atoms with Crippen LogP contribution in [0.25, 0.3) is 11.0 Å². The minimum Gasteiger partial charge on any atom is -0.478 e. The van der Waals surface area contributed by atoms with E-state index in [4.69, 9.17) is 0 Å². The highest BCUT2D eigenvalue weighted by atomic mass is 32.2. The molecule has 1 atom stereocenters. The van der Waals surface area contributed by atoms with Crippen LogP contribution < -0.4 is 10.2 Å². The van der Waals surface area contributed by atoms with Crippen molar-refractivity contribution >= 4 is 38.8 Å². The van der Waals surface area contributed by atoms with Crippen LogP contribution in [0, 0.1) is 0 Å². The molecular formula is C33H39N5O5S. The summed E-state index contributed by atoms with van der Waals surface area (Å²) in [4.78, 5) is 36.1. The lowest BCUT2D eigenvalue weighted by molar-refractivity contribution is -0.125. The average molecular weight is 618 g/mol. The Morgan fingerprint density at radius 3 is 2.48 bits per heavy atom. The molecule has 10 nitrogen and oxygen atoms in total. The molecule has 1 aliphatic heterocycles. The van der Waals surface area contributed by atoms with Crippen molar-refractivity contribution in [1.82, 2.24) is 19.6 Å². The highest BCUT2D eigenvalue weighted by molar-refractivity contribution is 7.93. The van der Waals surface area contributed by atoms with Crippen molar-refractivity contribution in [3.63, 3.8) is 0 Å². The third-order valence-corrected chi connectivity index (χ3v) is 9.63. The van der Waals surface area contributed by atoms with Crippen LogP contribution in [0.2, 0.25) is 0 Å². The zero-order valence-corrected chi connectivity index (χ0v) is 26.2. The minimum absolute atomic E-state index is 0.00904. The van der Waals surface area contributed by atoms with Gasteiger partial charge in [0.15, 0.2) is 0 Å². The highest BCUT2D eigenvalue weighted by Gasteiger charge is 2.41. The predicted octanol–water partition coefficient (Wildman–Crippen LogP) is 4.84. The molecule has 1 fully saturated rings. The fourth-order valence-electron chi connectivity index (χ4n) is 4.99. The van der Waals surface area contributed by atoms with Gasteiger partial charge in [-0.3, -0.25) is 4.79 Å². The number of carbonyl (C=O) groups is 2. The first kappa shape index (κ1) is 32.6. The average Bonchev–Trinajstić information content (AvgIpc) is 3.03. The number of aryl methyl sites for hydroxylation is 1. The van der Waals surface area contributed by atoms with E-state index < -0.39 is 27.9 Å². The molecule has 3 aromatic rings. The quantitative estimate of drug-likeness (QED) is 0.276. The smallest absolute Gasteiger partial charge is 0.337 e. The van der Waals surface area contributed by atoms with Crippen molar-refractivity contribution < 1.29 is 23.1 Å². The van der Waals surface area contributed by atoms with Crippen LogP contribution in [-0.4, -0.2) is 65.4 Å². The van der Waals surface area contributed by atoms with Gasteiger partial charge in [0.05, 0.1) is 22.2 Å². The van der Waals surface area contributed by atoms with E-state index in [2.05, 4.69) is 28.8 Å². The van der Waals surface area contributed by atoms with Gasteiger partial charge in [0.25, 0.3) is 0 Å². The van der Waals surface area contributed by atoms with E-state index >= 15 is 0 Å². The second-order valence-corrected chi connectivity index (χ2v) is 12.6. The van der Waals surface area contributed by atoms with Gasteiger partial charge in [0.1, 0.15) is 17.4 Å². The van der Waals surface area contributed by atoms with Crippen molar-refractivity contribution in [2.75, 3.05) is 24.5 Å². The second-order valence-electron chi connectivity index (χ2n) is 10.7. The van der Waals surface area contributed by atoms with Crippen molar-refractivity contribution in [2.45, 2.75) is 52.6 Å². The van der Waals surface area contributed by atoms with E-state index in [0.717, 1.165) is 30.4 Å².